The Morgan fingerprint density at radius 3 is 3.00 bits per heavy atom. The minimum Gasteiger partial charge on any atom is -0.387 e. The summed E-state index contributed by atoms with van der Waals surface area (Å²) < 4.78 is 5.00. The highest BCUT2D eigenvalue weighted by Gasteiger charge is 2.13. The molecule has 0 radical (unpaired) electrons. The maximum absolute atomic E-state index is 11.5. The average Bonchev–Trinajstić information content (AvgIpc) is 2.86. The maximum atomic E-state index is 11.5. The molecule has 17 heavy (non-hydrogen) atoms. The molecule has 0 aliphatic carbocycles. The summed E-state index contributed by atoms with van der Waals surface area (Å²) in [5, 5.41) is 16.1. The zero-order valence-electron chi connectivity index (χ0n) is 9.76. The maximum Gasteiger partial charge on any atom is 0.222 e. The van der Waals surface area contributed by atoms with Crippen molar-refractivity contribution < 1.29 is 14.6 Å². The van der Waals surface area contributed by atoms with Gasteiger partial charge in [-0.15, -0.1) is 0 Å². The summed E-state index contributed by atoms with van der Waals surface area (Å²) in [4.78, 5) is 11.5. The van der Waals surface area contributed by atoms with E-state index in [0.717, 1.165) is 5.56 Å². The highest BCUT2D eigenvalue weighted by atomic mass is 32.1. The smallest absolute Gasteiger partial charge is 0.222 e. The van der Waals surface area contributed by atoms with Crippen molar-refractivity contribution in [1.29, 1.82) is 0 Å². The van der Waals surface area contributed by atoms with Gasteiger partial charge >= 0.3 is 0 Å². The predicted octanol–water partition coefficient (Wildman–Crippen LogP) is 0.262. The second kappa shape index (κ2) is 7.39. The second-order valence-electron chi connectivity index (χ2n) is 3.67. The number of carbonyl (C=O) groups is 1. The van der Waals surface area contributed by atoms with Crippen molar-refractivity contribution in [2.24, 2.45) is 5.73 Å². The summed E-state index contributed by atoms with van der Waals surface area (Å²) in [6, 6.07) is 1.83. The second-order valence-corrected chi connectivity index (χ2v) is 4.45. The Kier molecular flexibility index (Phi) is 6.13. The van der Waals surface area contributed by atoms with Gasteiger partial charge < -0.3 is 20.9 Å². The Labute approximate surface area is 105 Å². The number of thiophene rings is 1. The lowest BCUT2D eigenvalue weighted by atomic mass is 10.2. The van der Waals surface area contributed by atoms with Gasteiger partial charge in [-0.25, -0.2) is 0 Å². The van der Waals surface area contributed by atoms with Crippen molar-refractivity contribution in [3.05, 3.63) is 22.4 Å². The van der Waals surface area contributed by atoms with Gasteiger partial charge in [0.25, 0.3) is 0 Å². The van der Waals surface area contributed by atoms with E-state index in [2.05, 4.69) is 5.32 Å². The van der Waals surface area contributed by atoms with Crippen LogP contribution >= 0.6 is 11.3 Å². The number of amides is 1. The number of aliphatic hydroxyl groups excluding tert-OH is 1. The van der Waals surface area contributed by atoms with E-state index in [-0.39, 0.29) is 25.0 Å². The van der Waals surface area contributed by atoms with Crippen LogP contribution in [0.15, 0.2) is 16.8 Å². The third kappa shape index (κ3) is 4.82. The van der Waals surface area contributed by atoms with Crippen LogP contribution in [0, 0.1) is 0 Å². The fraction of sp³-hybridized carbons (Fsp3) is 0.545. The number of rotatable bonds is 7. The minimum absolute atomic E-state index is 0.170. The zero-order valence-corrected chi connectivity index (χ0v) is 10.6. The van der Waals surface area contributed by atoms with Gasteiger partial charge in [-0.05, 0) is 22.4 Å². The van der Waals surface area contributed by atoms with E-state index >= 15 is 0 Å². The predicted molar refractivity (Wildman–Crippen MR) is 66.8 cm³/mol. The van der Waals surface area contributed by atoms with Crippen molar-refractivity contribution in [3.63, 3.8) is 0 Å². The first kappa shape index (κ1) is 14.1. The summed E-state index contributed by atoms with van der Waals surface area (Å²) in [5.41, 5.74) is 6.23. The molecule has 1 heterocycles. The standard InChI is InChI=1S/C11H18N2O3S/c1-16-9(5-12)4-11(15)13-6-10(14)8-2-3-17-7-8/h2-3,7,9-10,14H,4-6,12H2,1H3,(H,13,15). The molecule has 5 nitrogen and oxygen atoms in total. The third-order valence-corrected chi connectivity index (χ3v) is 3.13. The molecule has 2 atom stereocenters. The number of ether oxygens (including phenoxy) is 1. The highest BCUT2D eigenvalue weighted by Crippen LogP contribution is 2.15. The molecule has 0 aliphatic heterocycles. The number of nitrogens with one attached hydrogen (secondary N) is 1. The van der Waals surface area contributed by atoms with Gasteiger partial charge in [0.2, 0.25) is 5.91 Å². The zero-order chi connectivity index (χ0) is 12.7. The van der Waals surface area contributed by atoms with E-state index < -0.39 is 6.10 Å². The van der Waals surface area contributed by atoms with E-state index in [1.807, 2.05) is 16.8 Å². The lowest BCUT2D eigenvalue weighted by Crippen LogP contribution is -2.34. The minimum atomic E-state index is -0.663. The average molecular weight is 258 g/mol. The van der Waals surface area contributed by atoms with Crippen LogP contribution in [-0.4, -0.2) is 37.3 Å². The molecule has 0 saturated carbocycles. The summed E-state index contributed by atoms with van der Waals surface area (Å²) in [6.07, 6.45) is -0.721. The summed E-state index contributed by atoms with van der Waals surface area (Å²) in [6.45, 7) is 0.508. The first-order chi connectivity index (χ1) is 8.17. The quantitative estimate of drug-likeness (QED) is 0.655. The SMILES string of the molecule is COC(CN)CC(=O)NCC(O)c1ccsc1. The van der Waals surface area contributed by atoms with Crippen molar-refractivity contribution in [3.8, 4) is 0 Å². The molecular formula is C11H18N2O3S. The van der Waals surface area contributed by atoms with Crippen LogP contribution in [0.25, 0.3) is 0 Å². The number of methoxy groups -OCH3 is 1. The molecule has 2 unspecified atom stereocenters. The summed E-state index contributed by atoms with van der Waals surface area (Å²) >= 11 is 1.51. The molecule has 0 saturated heterocycles. The fourth-order valence-electron chi connectivity index (χ4n) is 1.33. The number of hydrogen-bond acceptors (Lipinski definition) is 5. The molecule has 96 valence electrons. The van der Waals surface area contributed by atoms with Crippen LogP contribution in [0.2, 0.25) is 0 Å². The van der Waals surface area contributed by atoms with Gasteiger partial charge in [0.1, 0.15) is 0 Å². The molecule has 0 fully saturated rings. The van der Waals surface area contributed by atoms with Gasteiger partial charge in [0.05, 0.1) is 18.6 Å². The lowest BCUT2D eigenvalue weighted by molar-refractivity contribution is -0.123. The van der Waals surface area contributed by atoms with Gasteiger partial charge in [-0.3, -0.25) is 4.79 Å². The van der Waals surface area contributed by atoms with E-state index in [0.29, 0.717) is 6.54 Å². The van der Waals surface area contributed by atoms with E-state index in [9.17, 15) is 9.90 Å². The van der Waals surface area contributed by atoms with Gasteiger partial charge in [-0.2, -0.15) is 11.3 Å². The number of aliphatic hydroxyl groups is 1. The Morgan fingerprint density at radius 1 is 1.71 bits per heavy atom. The van der Waals surface area contributed by atoms with Crippen LogP contribution in [-0.2, 0) is 9.53 Å². The molecule has 0 aromatic carbocycles. The molecule has 6 heteroatoms. The topological polar surface area (TPSA) is 84.6 Å². The van der Waals surface area contributed by atoms with Crippen LogP contribution in [0.4, 0.5) is 0 Å². The Bertz CT molecular complexity index is 325. The summed E-state index contributed by atoms with van der Waals surface area (Å²) in [5.74, 6) is -0.170. The Balaban J connectivity index is 2.28. The molecule has 1 aromatic heterocycles. The van der Waals surface area contributed by atoms with Crippen molar-refractivity contribution >= 4 is 17.2 Å². The molecular weight excluding hydrogens is 240 g/mol. The molecule has 1 amide bonds. The van der Waals surface area contributed by atoms with Gasteiger partial charge in [0.15, 0.2) is 0 Å². The number of nitrogens with two attached hydrogens (primary N) is 1. The van der Waals surface area contributed by atoms with Crippen LogP contribution in [0.1, 0.15) is 18.1 Å². The van der Waals surface area contributed by atoms with Crippen LogP contribution in [0.3, 0.4) is 0 Å². The van der Waals surface area contributed by atoms with Crippen LogP contribution in [0.5, 0.6) is 0 Å². The molecule has 1 rings (SSSR count). The fourth-order valence-corrected chi connectivity index (χ4v) is 2.04. The molecule has 4 N–H and O–H groups in total. The van der Waals surface area contributed by atoms with E-state index in [1.54, 1.807) is 0 Å². The molecule has 0 aliphatic rings. The first-order valence-corrected chi connectivity index (χ1v) is 6.31. The number of hydrogen-bond donors (Lipinski definition) is 3. The van der Waals surface area contributed by atoms with Gasteiger partial charge in [0, 0.05) is 20.2 Å². The summed E-state index contributed by atoms with van der Waals surface area (Å²) in [7, 11) is 1.52. The van der Waals surface area contributed by atoms with Gasteiger partial charge in [-0.1, -0.05) is 0 Å². The lowest BCUT2D eigenvalue weighted by Gasteiger charge is -2.14. The van der Waals surface area contributed by atoms with Crippen LogP contribution < -0.4 is 11.1 Å². The molecule has 0 bridgehead atoms. The van der Waals surface area contributed by atoms with Crippen molar-refractivity contribution in [1.82, 2.24) is 5.32 Å². The Hall–Kier alpha value is -0.950. The van der Waals surface area contributed by atoms with Crippen molar-refractivity contribution in [2.75, 3.05) is 20.2 Å². The largest absolute Gasteiger partial charge is 0.387 e. The van der Waals surface area contributed by atoms with Crippen molar-refractivity contribution in [2.45, 2.75) is 18.6 Å². The first-order valence-electron chi connectivity index (χ1n) is 5.37. The normalized spacial score (nSPS) is 14.3. The van der Waals surface area contributed by atoms with E-state index in [1.165, 1.54) is 18.4 Å². The molecule has 1 aromatic rings. The highest BCUT2D eigenvalue weighted by molar-refractivity contribution is 7.07. The third-order valence-electron chi connectivity index (χ3n) is 2.43. The molecule has 0 spiro atoms. The Morgan fingerprint density at radius 2 is 2.47 bits per heavy atom. The monoisotopic (exact) mass is 258 g/mol. The van der Waals surface area contributed by atoms with E-state index in [4.69, 9.17) is 10.5 Å². The number of carbonyl (C=O) groups excluding carboxylic acids is 1.